The van der Waals surface area contributed by atoms with Crippen molar-refractivity contribution < 1.29 is 19.4 Å². The zero-order chi connectivity index (χ0) is 22.8. The molecule has 0 aromatic heterocycles. The number of methoxy groups -OCH3 is 2. The summed E-state index contributed by atoms with van der Waals surface area (Å²) < 4.78 is 10.9. The highest BCUT2D eigenvalue weighted by Gasteiger charge is 2.36. The highest BCUT2D eigenvalue weighted by Crippen LogP contribution is 2.46. The van der Waals surface area contributed by atoms with E-state index in [9.17, 15) is 9.90 Å². The molecule has 4 heteroatoms. The molecule has 0 heterocycles. The van der Waals surface area contributed by atoms with Gasteiger partial charge in [0.15, 0.2) is 6.29 Å². The number of hydrogen-bond donors (Lipinski definition) is 1. The molecule has 0 saturated heterocycles. The van der Waals surface area contributed by atoms with Gasteiger partial charge in [-0.1, -0.05) is 64.1 Å². The first-order chi connectivity index (χ1) is 14.6. The van der Waals surface area contributed by atoms with Crippen LogP contribution in [0.2, 0.25) is 0 Å². The molecule has 0 saturated carbocycles. The van der Waals surface area contributed by atoms with Gasteiger partial charge in [0, 0.05) is 20.6 Å². The quantitative estimate of drug-likeness (QED) is 0.421. The fraction of sp³-hybridized carbons (Fsp3) is 0.444. The van der Waals surface area contributed by atoms with Crippen LogP contribution in [0.25, 0.3) is 11.6 Å². The Hall–Kier alpha value is -2.43. The van der Waals surface area contributed by atoms with Crippen molar-refractivity contribution in [3.63, 3.8) is 0 Å². The molecule has 0 bridgehead atoms. The maximum Gasteiger partial charge on any atom is 0.335 e. The third-order valence-electron chi connectivity index (χ3n) is 6.63. The molecule has 0 spiro atoms. The summed E-state index contributed by atoms with van der Waals surface area (Å²) in [5.41, 5.74) is 6.57. The summed E-state index contributed by atoms with van der Waals surface area (Å²) >= 11 is 0. The minimum atomic E-state index is -0.928. The minimum absolute atomic E-state index is 0.138. The van der Waals surface area contributed by atoms with Crippen molar-refractivity contribution in [1.82, 2.24) is 0 Å². The molecule has 1 aliphatic carbocycles. The van der Waals surface area contributed by atoms with E-state index in [2.05, 4.69) is 52.0 Å². The van der Waals surface area contributed by atoms with Gasteiger partial charge >= 0.3 is 5.97 Å². The first-order valence-electron chi connectivity index (χ1n) is 10.8. The molecule has 2 aromatic rings. The summed E-state index contributed by atoms with van der Waals surface area (Å²) in [5, 5.41) is 9.22. The Morgan fingerprint density at radius 1 is 0.935 bits per heavy atom. The number of carbonyl (C=O) groups is 1. The fourth-order valence-electron chi connectivity index (χ4n) is 4.43. The van der Waals surface area contributed by atoms with Crippen LogP contribution < -0.4 is 0 Å². The first-order valence-corrected chi connectivity index (χ1v) is 10.8. The molecule has 31 heavy (non-hydrogen) atoms. The first kappa shape index (κ1) is 23.2. The van der Waals surface area contributed by atoms with Crippen LogP contribution in [0.3, 0.4) is 0 Å². The number of rotatable bonds is 7. The molecular weight excluding hydrogens is 388 g/mol. The third-order valence-corrected chi connectivity index (χ3v) is 6.63. The number of carboxylic acids is 1. The number of fused-ring (bicyclic) bond motifs is 1. The van der Waals surface area contributed by atoms with Gasteiger partial charge in [-0.05, 0) is 63.6 Å². The second-order valence-corrected chi connectivity index (χ2v) is 9.73. The largest absolute Gasteiger partial charge is 0.478 e. The zero-order valence-electron chi connectivity index (χ0n) is 19.5. The van der Waals surface area contributed by atoms with E-state index in [-0.39, 0.29) is 22.7 Å². The summed E-state index contributed by atoms with van der Waals surface area (Å²) in [7, 11) is 3.26. The predicted octanol–water partition coefficient (Wildman–Crippen LogP) is 6.28. The summed E-state index contributed by atoms with van der Waals surface area (Å²) in [4.78, 5) is 11.2. The molecule has 2 aromatic carbocycles. The van der Waals surface area contributed by atoms with Gasteiger partial charge in [-0.2, -0.15) is 0 Å². The lowest BCUT2D eigenvalue weighted by molar-refractivity contribution is -0.0970. The second kappa shape index (κ2) is 8.97. The van der Waals surface area contributed by atoms with Crippen LogP contribution >= 0.6 is 0 Å². The van der Waals surface area contributed by atoms with Crippen LogP contribution in [0.15, 0.2) is 42.5 Å². The predicted molar refractivity (Wildman–Crippen MR) is 125 cm³/mol. The van der Waals surface area contributed by atoms with Gasteiger partial charge < -0.3 is 14.6 Å². The summed E-state index contributed by atoms with van der Waals surface area (Å²) in [6.45, 7) is 9.31. The molecule has 1 N–H and O–H groups in total. The normalized spacial score (nSPS) is 17.5. The van der Waals surface area contributed by atoms with Crippen LogP contribution in [0, 0.1) is 0 Å². The van der Waals surface area contributed by atoms with Gasteiger partial charge in [-0.15, -0.1) is 0 Å². The van der Waals surface area contributed by atoms with Gasteiger partial charge in [-0.3, -0.25) is 0 Å². The van der Waals surface area contributed by atoms with Gasteiger partial charge in [-0.25, -0.2) is 4.79 Å². The van der Waals surface area contributed by atoms with Gasteiger partial charge in [0.1, 0.15) is 0 Å². The summed E-state index contributed by atoms with van der Waals surface area (Å²) in [5.74, 6) is -0.928. The van der Waals surface area contributed by atoms with Crippen molar-refractivity contribution in [3.05, 3.63) is 70.3 Å². The Balaban J connectivity index is 2.07. The maximum absolute atomic E-state index is 11.2. The average molecular weight is 423 g/mol. The van der Waals surface area contributed by atoms with Gasteiger partial charge in [0.25, 0.3) is 0 Å². The van der Waals surface area contributed by atoms with E-state index in [0.717, 1.165) is 16.7 Å². The smallest absolute Gasteiger partial charge is 0.335 e. The zero-order valence-corrected chi connectivity index (χ0v) is 19.5. The van der Waals surface area contributed by atoms with Crippen molar-refractivity contribution in [2.24, 2.45) is 0 Å². The van der Waals surface area contributed by atoms with Crippen molar-refractivity contribution in [2.75, 3.05) is 14.2 Å². The van der Waals surface area contributed by atoms with Crippen molar-refractivity contribution in [1.29, 1.82) is 0 Å². The summed E-state index contributed by atoms with van der Waals surface area (Å²) in [6, 6.07) is 13.7. The van der Waals surface area contributed by atoms with Crippen LogP contribution in [0.1, 0.15) is 79.6 Å². The third kappa shape index (κ3) is 5.08. The number of ether oxygens (including phenoxy) is 2. The Morgan fingerprint density at radius 2 is 1.48 bits per heavy atom. The lowest BCUT2D eigenvalue weighted by Crippen LogP contribution is -2.33. The number of aromatic carboxylic acids is 1. The highest BCUT2D eigenvalue weighted by atomic mass is 16.7. The topological polar surface area (TPSA) is 55.8 Å². The number of hydrogen-bond acceptors (Lipinski definition) is 3. The van der Waals surface area contributed by atoms with Crippen LogP contribution in [0.5, 0.6) is 0 Å². The average Bonchev–Trinajstić information content (AvgIpc) is 2.74. The SMILES string of the molecule is COC(C/C(=C\c1ccc2c(c1)C(C)(C)CCC2(C)C)c1ccc(C(=O)O)cc1)OC. The van der Waals surface area contributed by atoms with Crippen molar-refractivity contribution in [2.45, 2.75) is 64.1 Å². The van der Waals surface area contributed by atoms with E-state index in [1.165, 1.54) is 24.0 Å². The Morgan fingerprint density at radius 3 is 2.03 bits per heavy atom. The monoisotopic (exact) mass is 422 g/mol. The van der Waals surface area contributed by atoms with E-state index in [0.29, 0.717) is 6.42 Å². The van der Waals surface area contributed by atoms with Crippen LogP contribution in [-0.2, 0) is 20.3 Å². The second-order valence-electron chi connectivity index (χ2n) is 9.73. The van der Waals surface area contributed by atoms with Gasteiger partial charge in [0.2, 0.25) is 0 Å². The van der Waals surface area contributed by atoms with E-state index in [4.69, 9.17) is 9.47 Å². The molecule has 0 radical (unpaired) electrons. The number of carboxylic acid groups (broad SMARTS) is 1. The molecule has 0 unspecified atom stereocenters. The highest BCUT2D eigenvalue weighted by molar-refractivity contribution is 5.89. The fourth-order valence-corrected chi connectivity index (χ4v) is 4.43. The van der Waals surface area contributed by atoms with E-state index < -0.39 is 5.97 Å². The lowest BCUT2D eigenvalue weighted by atomic mass is 9.63. The lowest BCUT2D eigenvalue weighted by Gasteiger charge is -2.42. The van der Waals surface area contributed by atoms with Crippen molar-refractivity contribution >= 4 is 17.6 Å². The van der Waals surface area contributed by atoms with Crippen LogP contribution in [-0.4, -0.2) is 31.6 Å². The standard InChI is InChI=1S/C27H34O4/c1-26(2)13-14-27(3,4)23-16-18(7-12-22(23)26)15-21(17-24(30-5)31-6)19-8-10-20(11-9-19)25(28)29/h7-12,15-16,24H,13-14,17H2,1-6H3,(H,28,29)/b21-15+. The summed E-state index contributed by atoms with van der Waals surface area (Å²) in [6.07, 6.45) is 4.70. The Labute approximate surface area is 185 Å². The molecule has 166 valence electrons. The Kier molecular flexibility index (Phi) is 6.73. The molecule has 4 nitrogen and oxygen atoms in total. The Bertz CT molecular complexity index is 963. The molecule has 0 aliphatic heterocycles. The minimum Gasteiger partial charge on any atom is -0.478 e. The molecule has 3 rings (SSSR count). The van der Waals surface area contributed by atoms with E-state index in [1.807, 2.05) is 12.1 Å². The molecular formula is C27H34O4. The molecule has 0 amide bonds. The van der Waals surface area contributed by atoms with E-state index >= 15 is 0 Å². The molecule has 1 aliphatic rings. The maximum atomic E-state index is 11.2. The van der Waals surface area contributed by atoms with Crippen LogP contribution in [0.4, 0.5) is 0 Å². The molecule has 0 fully saturated rings. The molecule has 0 atom stereocenters. The van der Waals surface area contributed by atoms with Crippen molar-refractivity contribution in [3.8, 4) is 0 Å². The van der Waals surface area contributed by atoms with E-state index in [1.54, 1.807) is 26.4 Å². The number of benzene rings is 2. The van der Waals surface area contributed by atoms with Gasteiger partial charge in [0.05, 0.1) is 5.56 Å².